The molecule has 28 heavy (non-hydrogen) atoms. The molecule has 1 fully saturated rings. The lowest BCUT2D eigenvalue weighted by Crippen LogP contribution is -2.32. The molecule has 3 aromatic rings. The van der Waals surface area contributed by atoms with Gasteiger partial charge in [0.1, 0.15) is 5.56 Å². The van der Waals surface area contributed by atoms with Crippen LogP contribution >= 0.6 is 0 Å². The fraction of sp³-hybridized carbons (Fsp3) is 0.304. The van der Waals surface area contributed by atoms with Crippen LogP contribution in [0.25, 0.3) is 10.9 Å². The van der Waals surface area contributed by atoms with Crippen LogP contribution < -0.4 is 10.3 Å². The molecule has 0 saturated carbocycles. The highest BCUT2D eigenvalue weighted by molar-refractivity contribution is 5.93. The van der Waals surface area contributed by atoms with Gasteiger partial charge in [0.2, 0.25) is 5.43 Å². The van der Waals surface area contributed by atoms with E-state index >= 15 is 0 Å². The maximum Gasteiger partial charge on any atom is 0.341 e. The van der Waals surface area contributed by atoms with Crippen LogP contribution in [0.4, 0.5) is 5.69 Å². The van der Waals surface area contributed by atoms with Crippen molar-refractivity contribution in [1.82, 2.24) is 4.57 Å². The molecule has 5 heteroatoms. The van der Waals surface area contributed by atoms with Crippen molar-refractivity contribution >= 4 is 22.6 Å². The van der Waals surface area contributed by atoms with Gasteiger partial charge >= 0.3 is 5.97 Å². The van der Waals surface area contributed by atoms with E-state index in [-0.39, 0.29) is 5.56 Å². The monoisotopic (exact) mass is 376 g/mol. The zero-order chi connectivity index (χ0) is 19.7. The Morgan fingerprint density at radius 1 is 1.11 bits per heavy atom. The normalized spacial score (nSPS) is 15.1. The van der Waals surface area contributed by atoms with Crippen molar-refractivity contribution in [2.24, 2.45) is 5.92 Å². The van der Waals surface area contributed by atoms with Crippen molar-refractivity contribution in [3.05, 3.63) is 76.1 Å². The van der Waals surface area contributed by atoms with E-state index in [1.54, 1.807) is 6.07 Å². The molecule has 0 radical (unpaired) electrons. The molecule has 0 atom stereocenters. The quantitative estimate of drug-likeness (QED) is 0.748. The molecule has 2 aromatic carbocycles. The number of benzene rings is 2. The molecule has 1 aliphatic rings. The summed E-state index contributed by atoms with van der Waals surface area (Å²) < 4.78 is 1.88. The number of hydrogen-bond acceptors (Lipinski definition) is 3. The zero-order valence-electron chi connectivity index (χ0n) is 16.0. The number of fused-ring (bicyclic) bond motifs is 1. The van der Waals surface area contributed by atoms with Crippen LogP contribution in [-0.2, 0) is 6.54 Å². The SMILES string of the molecule is CC1CCN(c2ccc3c(=O)c(C(=O)O)cn(Cc4ccccc4)c3c2)CC1. The van der Waals surface area contributed by atoms with Crippen LogP contribution in [0.2, 0.25) is 0 Å². The zero-order valence-corrected chi connectivity index (χ0v) is 16.0. The van der Waals surface area contributed by atoms with Gasteiger partial charge in [0.15, 0.2) is 0 Å². The smallest absolute Gasteiger partial charge is 0.341 e. The Morgan fingerprint density at radius 2 is 1.82 bits per heavy atom. The Balaban J connectivity index is 1.83. The van der Waals surface area contributed by atoms with E-state index in [4.69, 9.17) is 0 Å². The summed E-state index contributed by atoms with van der Waals surface area (Å²) in [4.78, 5) is 26.6. The lowest BCUT2D eigenvalue weighted by atomic mass is 9.98. The summed E-state index contributed by atoms with van der Waals surface area (Å²) in [6.07, 6.45) is 3.79. The maximum absolute atomic E-state index is 12.7. The van der Waals surface area contributed by atoms with E-state index < -0.39 is 11.4 Å². The second kappa shape index (κ2) is 7.50. The third kappa shape index (κ3) is 3.52. The van der Waals surface area contributed by atoms with E-state index in [9.17, 15) is 14.7 Å². The predicted molar refractivity (Wildman–Crippen MR) is 111 cm³/mol. The van der Waals surface area contributed by atoms with Crippen molar-refractivity contribution in [3.8, 4) is 0 Å². The molecule has 0 amide bonds. The van der Waals surface area contributed by atoms with Crippen LogP contribution in [0, 0.1) is 5.92 Å². The number of pyridine rings is 1. The summed E-state index contributed by atoms with van der Waals surface area (Å²) in [6.45, 7) is 4.80. The molecule has 1 N–H and O–H groups in total. The molecule has 5 nitrogen and oxygen atoms in total. The molecule has 2 heterocycles. The van der Waals surface area contributed by atoms with Gasteiger partial charge in [0.25, 0.3) is 0 Å². The molecule has 4 rings (SSSR count). The van der Waals surface area contributed by atoms with Crippen LogP contribution in [0.1, 0.15) is 35.7 Å². The molecule has 0 bridgehead atoms. The lowest BCUT2D eigenvalue weighted by molar-refractivity contribution is 0.0695. The van der Waals surface area contributed by atoms with Gasteiger partial charge in [-0.05, 0) is 42.5 Å². The van der Waals surface area contributed by atoms with Crippen LogP contribution in [0.5, 0.6) is 0 Å². The molecular weight excluding hydrogens is 352 g/mol. The average molecular weight is 376 g/mol. The highest BCUT2D eigenvalue weighted by Crippen LogP contribution is 2.26. The molecule has 0 unspecified atom stereocenters. The summed E-state index contributed by atoms with van der Waals surface area (Å²) in [6, 6.07) is 15.6. The van der Waals surface area contributed by atoms with Crippen molar-refractivity contribution < 1.29 is 9.90 Å². The number of rotatable bonds is 4. The number of hydrogen-bond donors (Lipinski definition) is 1. The Kier molecular flexibility index (Phi) is 4.90. The van der Waals surface area contributed by atoms with E-state index in [0.717, 1.165) is 48.6 Å². The molecule has 144 valence electrons. The number of aromatic nitrogens is 1. The summed E-state index contributed by atoms with van der Waals surface area (Å²) >= 11 is 0. The summed E-state index contributed by atoms with van der Waals surface area (Å²) in [5, 5.41) is 9.93. The number of anilines is 1. The predicted octanol–water partition coefficient (Wildman–Crippen LogP) is 3.98. The Hall–Kier alpha value is -3.08. The van der Waals surface area contributed by atoms with Gasteiger partial charge in [-0.15, -0.1) is 0 Å². The third-order valence-electron chi connectivity index (χ3n) is 5.64. The van der Waals surface area contributed by atoms with Crippen molar-refractivity contribution in [1.29, 1.82) is 0 Å². The van der Waals surface area contributed by atoms with Crippen molar-refractivity contribution in [2.45, 2.75) is 26.3 Å². The van der Waals surface area contributed by atoms with E-state index in [2.05, 4.69) is 11.8 Å². The van der Waals surface area contributed by atoms with E-state index in [1.165, 1.54) is 6.20 Å². The van der Waals surface area contributed by atoms with Gasteiger partial charge < -0.3 is 14.6 Å². The van der Waals surface area contributed by atoms with E-state index in [0.29, 0.717) is 11.9 Å². The summed E-state index contributed by atoms with van der Waals surface area (Å²) in [7, 11) is 0. The minimum absolute atomic E-state index is 0.192. The first-order chi connectivity index (χ1) is 13.5. The number of piperidine rings is 1. The Labute approximate surface area is 163 Å². The second-order valence-corrected chi connectivity index (χ2v) is 7.66. The lowest BCUT2D eigenvalue weighted by Gasteiger charge is -2.32. The van der Waals surface area contributed by atoms with Gasteiger partial charge in [-0.2, -0.15) is 0 Å². The molecule has 1 aromatic heterocycles. The van der Waals surface area contributed by atoms with Crippen LogP contribution in [0.3, 0.4) is 0 Å². The van der Waals surface area contributed by atoms with E-state index in [1.807, 2.05) is 47.0 Å². The second-order valence-electron chi connectivity index (χ2n) is 7.66. The average Bonchev–Trinajstić information content (AvgIpc) is 2.71. The number of carboxylic acid groups (broad SMARTS) is 1. The minimum Gasteiger partial charge on any atom is -0.477 e. The van der Waals surface area contributed by atoms with Crippen LogP contribution in [0.15, 0.2) is 59.5 Å². The molecule has 0 spiro atoms. The first-order valence-electron chi connectivity index (χ1n) is 9.72. The maximum atomic E-state index is 12.7. The molecular formula is C23H24N2O3. The molecule has 0 aliphatic carbocycles. The topological polar surface area (TPSA) is 62.5 Å². The van der Waals surface area contributed by atoms with Crippen LogP contribution in [-0.4, -0.2) is 28.7 Å². The Bertz CT molecular complexity index is 1060. The fourth-order valence-corrected chi connectivity index (χ4v) is 3.91. The van der Waals surface area contributed by atoms with Gasteiger partial charge in [-0.3, -0.25) is 4.79 Å². The minimum atomic E-state index is -1.19. The van der Waals surface area contributed by atoms with Gasteiger partial charge in [-0.1, -0.05) is 37.3 Å². The molecule has 1 aliphatic heterocycles. The summed E-state index contributed by atoms with van der Waals surface area (Å²) in [5.41, 5.74) is 2.30. The number of nitrogens with zero attached hydrogens (tertiary/aromatic N) is 2. The number of carboxylic acids is 1. The van der Waals surface area contributed by atoms with Gasteiger partial charge in [0, 0.05) is 36.9 Å². The fourth-order valence-electron chi connectivity index (χ4n) is 3.91. The molecule has 1 saturated heterocycles. The first-order valence-corrected chi connectivity index (χ1v) is 9.72. The highest BCUT2D eigenvalue weighted by Gasteiger charge is 2.19. The van der Waals surface area contributed by atoms with Crippen molar-refractivity contribution in [2.75, 3.05) is 18.0 Å². The summed E-state index contributed by atoms with van der Waals surface area (Å²) in [5.74, 6) is -0.450. The van der Waals surface area contributed by atoms with Crippen molar-refractivity contribution in [3.63, 3.8) is 0 Å². The number of carbonyl (C=O) groups is 1. The largest absolute Gasteiger partial charge is 0.477 e. The third-order valence-corrected chi connectivity index (χ3v) is 5.64. The Morgan fingerprint density at radius 3 is 2.50 bits per heavy atom. The van der Waals surface area contributed by atoms with Gasteiger partial charge in [-0.25, -0.2) is 4.79 Å². The highest BCUT2D eigenvalue weighted by atomic mass is 16.4. The first kappa shape index (κ1) is 18.3. The number of aromatic carboxylic acids is 1. The van der Waals surface area contributed by atoms with Gasteiger partial charge in [0.05, 0.1) is 5.52 Å². The standard InChI is InChI=1S/C23H24N2O3/c1-16-9-11-24(12-10-16)18-7-8-19-21(13-18)25(14-17-5-3-2-4-6-17)15-20(22(19)26)23(27)28/h2-8,13,15-16H,9-12,14H2,1H3,(H,27,28).